The fourth-order valence-electron chi connectivity index (χ4n) is 3.23. The van der Waals surface area contributed by atoms with E-state index in [4.69, 9.17) is 5.73 Å². The molecule has 4 heteroatoms. The zero-order chi connectivity index (χ0) is 13.9. The molecule has 1 saturated carbocycles. The van der Waals surface area contributed by atoms with Gasteiger partial charge in [0.15, 0.2) is 0 Å². The molecule has 2 unspecified atom stereocenters. The lowest BCUT2D eigenvalue weighted by molar-refractivity contribution is 0.0826. The first-order valence-corrected chi connectivity index (χ1v) is 8.91. The summed E-state index contributed by atoms with van der Waals surface area (Å²) in [6.07, 6.45) is 3.96. The zero-order valence-corrected chi connectivity index (χ0v) is 13.3. The van der Waals surface area contributed by atoms with Gasteiger partial charge in [-0.05, 0) is 36.6 Å². The molecule has 20 heavy (non-hydrogen) atoms. The monoisotopic (exact) mass is 293 g/mol. The van der Waals surface area contributed by atoms with E-state index < -0.39 is 0 Å². The minimum Gasteiger partial charge on any atom is -0.326 e. The SMILES string of the molecule is CCC(N)C(c1cccs1)N1CCN(CC2CC2)CC1. The van der Waals surface area contributed by atoms with Gasteiger partial charge in [0.1, 0.15) is 0 Å². The minimum absolute atomic E-state index is 0.253. The molecule has 112 valence electrons. The van der Waals surface area contributed by atoms with E-state index in [1.54, 1.807) is 0 Å². The highest BCUT2D eigenvalue weighted by Crippen LogP contribution is 2.32. The Kier molecular flexibility index (Phi) is 4.76. The van der Waals surface area contributed by atoms with Gasteiger partial charge in [0.2, 0.25) is 0 Å². The molecule has 1 aromatic heterocycles. The van der Waals surface area contributed by atoms with Gasteiger partial charge in [-0.1, -0.05) is 13.0 Å². The van der Waals surface area contributed by atoms with Gasteiger partial charge in [0.25, 0.3) is 0 Å². The van der Waals surface area contributed by atoms with Crippen molar-refractivity contribution in [2.45, 2.75) is 38.3 Å². The van der Waals surface area contributed by atoms with E-state index in [1.807, 2.05) is 11.3 Å². The Morgan fingerprint density at radius 3 is 2.60 bits per heavy atom. The summed E-state index contributed by atoms with van der Waals surface area (Å²) in [4.78, 5) is 6.70. The van der Waals surface area contributed by atoms with Gasteiger partial charge < -0.3 is 10.6 Å². The van der Waals surface area contributed by atoms with Crippen molar-refractivity contribution in [2.24, 2.45) is 11.7 Å². The van der Waals surface area contributed by atoms with E-state index >= 15 is 0 Å². The molecule has 0 aromatic carbocycles. The van der Waals surface area contributed by atoms with Crippen LogP contribution in [0.1, 0.15) is 37.1 Å². The molecular weight excluding hydrogens is 266 g/mol. The van der Waals surface area contributed by atoms with E-state index in [-0.39, 0.29) is 6.04 Å². The van der Waals surface area contributed by atoms with Gasteiger partial charge in [-0.3, -0.25) is 4.90 Å². The van der Waals surface area contributed by atoms with Gasteiger partial charge in [-0.2, -0.15) is 0 Å². The van der Waals surface area contributed by atoms with E-state index in [0.29, 0.717) is 6.04 Å². The summed E-state index contributed by atoms with van der Waals surface area (Å²) in [5.41, 5.74) is 6.42. The second kappa shape index (κ2) is 6.56. The maximum Gasteiger partial charge on any atom is 0.0594 e. The van der Waals surface area contributed by atoms with Gasteiger partial charge in [-0.25, -0.2) is 0 Å². The molecule has 3 rings (SSSR count). The van der Waals surface area contributed by atoms with Crippen LogP contribution in [0.15, 0.2) is 17.5 Å². The molecule has 0 radical (unpaired) electrons. The number of thiophene rings is 1. The summed E-state index contributed by atoms with van der Waals surface area (Å²) in [7, 11) is 0. The van der Waals surface area contributed by atoms with Crippen molar-refractivity contribution in [2.75, 3.05) is 32.7 Å². The lowest BCUT2D eigenvalue weighted by Gasteiger charge is -2.41. The first-order valence-electron chi connectivity index (χ1n) is 8.03. The average Bonchev–Trinajstić information content (AvgIpc) is 3.13. The van der Waals surface area contributed by atoms with Gasteiger partial charge in [0, 0.05) is 43.6 Å². The van der Waals surface area contributed by atoms with Gasteiger partial charge >= 0.3 is 0 Å². The van der Waals surface area contributed by atoms with Gasteiger partial charge in [-0.15, -0.1) is 11.3 Å². The molecule has 0 bridgehead atoms. The third-order valence-corrected chi connectivity index (χ3v) is 5.67. The van der Waals surface area contributed by atoms with Crippen molar-refractivity contribution in [3.63, 3.8) is 0 Å². The molecule has 0 amide bonds. The zero-order valence-electron chi connectivity index (χ0n) is 12.5. The molecule has 1 saturated heterocycles. The molecule has 3 nitrogen and oxygen atoms in total. The lowest BCUT2D eigenvalue weighted by atomic mass is 10.0. The summed E-state index contributed by atoms with van der Waals surface area (Å²) >= 11 is 1.85. The lowest BCUT2D eigenvalue weighted by Crippen LogP contribution is -2.51. The van der Waals surface area contributed by atoms with Crippen molar-refractivity contribution in [3.8, 4) is 0 Å². The fraction of sp³-hybridized carbons (Fsp3) is 0.750. The number of hydrogen-bond donors (Lipinski definition) is 1. The molecule has 2 heterocycles. The van der Waals surface area contributed by atoms with Crippen molar-refractivity contribution in [1.82, 2.24) is 9.80 Å². The molecule has 2 aliphatic rings. The van der Waals surface area contributed by atoms with Crippen molar-refractivity contribution in [3.05, 3.63) is 22.4 Å². The molecule has 2 N–H and O–H groups in total. The van der Waals surface area contributed by atoms with E-state index in [9.17, 15) is 0 Å². The van der Waals surface area contributed by atoms with Crippen LogP contribution in [0.3, 0.4) is 0 Å². The Morgan fingerprint density at radius 1 is 1.30 bits per heavy atom. The molecule has 1 aliphatic heterocycles. The van der Waals surface area contributed by atoms with Gasteiger partial charge in [0.05, 0.1) is 6.04 Å². The van der Waals surface area contributed by atoms with Crippen LogP contribution in [0.4, 0.5) is 0 Å². The normalized spacial score (nSPS) is 24.7. The second-order valence-electron chi connectivity index (χ2n) is 6.31. The second-order valence-corrected chi connectivity index (χ2v) is 7.29. The topological polar surface area (TPSA) is 32.5 Å². The predicted octanol–water partition coefficient (Wildman–Crippen LogP) is 2.55. The van der Waals surface area contributed by atoms with Crippen molar-refractivity contribution < 1.29 is 0 Å². The Balaban J connectivity index is 1.60. The van der Waals surface area contributed by atoms with Crippen LogP contribution >= 0.6 is 11.3 Å². The van der Waals surface area contributed by atoms with Crippen LogP contribution in [0.5, 0.6) is 0 Å². The third kappa shape index (κ3) is 3.42. The first-order chi connectivity index (χ1) is 9.78. The summed E-state index contributed by atoms with van der Waals surface area (Å²) in [5, 5.41) is 2.17. The quantitative estimate of drug-likeness (QED) is 0.875. The minimum atomic E-state index is 0.253. The largest absolute Gasteiger partial charge is 0.326 e. The van der Waals surface area contributed by atoms with E-state index in [2.05, 4.69) is 34.2 Å². The standard InChI is InChI=1S/C16H27N3S/c1-2-14(17)16(15-4-3-11-20-15)19-9-7-18(8-10-19)12-13-5-6-13/h3-4,11,13-14,16H,2,5-10,12,17H2,1H3. The fourth-order valence-corrected chi connectivity index (χ4v) is 4.17. The van der Waals surface area contributed by atoms with Crippen LogP contribution < -0.4 is 5.73 Å². The van der Waals surface area contributed by atoms with Crippen molar-refractivity contribution >= 4 is 11.3 Å². The number of nitrogens with two attached hydrogens (primary N) is 1. The Labute approximate surface area is 126 Å². The van der Waals surface area contributed by atoms with Crippen LogP contribution in [-0.4, -0.2) is 48.6 Å². The maximum absolute atomic E-state index is 6.42. The highest BCUT2D eigenvalue weighted by atomic mass is 32.1. The number of hydrogen-bond acceptors (Lipinski definition) is 4. The maximum atomic E-state index is 6.42. The Morgan fingerprint density at radius 2 is 2.05 bits per heavy atom. The summed E-state index contributed by atoms with van der Waals surface area (Å²) in [5.74, 6) is 1.01. The highest BCUT2D eigenvalue weighted by Gasteiger charge is 2.31. The van der Waals surface area contributed by atoms with E-state index in [0.717, 1.165) is 12.3 Å². The number of rotatable bonds is 6. The average molecular weight is 293 g/mol. The molecule has 0 spiro atoms. The Bertz CT molecular complexity index is 394. The number of piperazine rings is 1. The third-order valence-electron chi connectivity index (χ3n) is 4.73. The van der Waals surface area contributed by atoms with Crippen molar-refractivity contribution in [1.29, 1.82) is 0 Å². The Hall–Kier alpha value is -0.420. The summed E-state index contributed by atoms with van der Waals surface area (Å²) in [6, 6.07) is 5.08. The molecule has 1 aromatic rings. The summed E-state index contributed by atoms with van der Waals surface area (Å²) < 4.78 is 0. The summed E-state index contributed by atoms with van der Waals surface area (Å²) in [6.45, 7) is 8.31. The van der Waals surface area contributed by atoms with Crippen LogP contribution in [0.2, 0.25) is 0 Å². The van der Waals surface area contributed by atoms with E-state index in [1.165, 1.54) is 50.4 Å². The van der Waals surface area contributed by atoms with Crippen LogP contribution in [-0.2, 0) is 0 Å². The smallest absolute Gasteiger partial charge is 0.0594 e. The molecule has 1 aliphatic carbocycles. The molecular formula is C16H27N3S. The van der Waals surface area contributed by atoms with Crippen LogP contribution in [0.25, 0.3) is 0 Å². The molecule has 2 fully saturated rings. The number of nitrogens with zero attached hydrogens (tertiary/aromatic N) is 2. The molecule has 2 atom stereocenters. The first kappa shape index (κ1) is 14.5. The predicted molar refractivity (Wildman–Crippen MR) is 86.1 cm³/mol. The van der Waals surface area contributed by atoms with Crippen LogP contribution in [0, 0.1) is 5.92 Å². The highest BCUT2D eigenvalue weighted by molar-refractivity contribution is 7.10.